The molecule has 3 nitrogen and oxygen atoms in total. The molecule has 2 aromatic rings. The second-order valence-corrected chi connectivity index (χ2v) is 6.21. The lowest BCUT2D eigenvalue weighted by atomic mass is 10.2. The number of ether oxygens (including phenoxy) is 1. The van der Waals surface area contributed by atoms with E-state index < -0.39 is 0 Å². The van der Waals surface area contributed by atoms with E-state index in [2.05, 4.69) is 21.2 Å². The van der Waals surface area contributed by atoms with Crippen molar-refractivity contribution < 1.29 is 9.53 Å². The molecule has 0 aliphatic heterocycles. The van der Waals surface area contributed by atoms with Crippen molar-refractivity contribution >= 4 is 62.3 Å². The molecule has 1 amide bonds. The molecule has 2 aromatic carbocycles. The zero-order valence-corrected chi connectivity index (χ0v) is 14.6. The molecule has 0 unspecified atom stereocenters. The minimum absolute atomic E-state index is 0.261. The predicted molar refractivity (Wildman–Crippen MR) is 90.1 cm³/mol. The van der Waals surface area contributed by atoms with Gasteiger partial charge in [0.2, 0.25) is 0 Å². The maximum Gasteiger partial charge on any atom is 0.259 e. The normalized spacial score (nSPS) is 10.3. The molecular formula is C14H9BrCl3NO2. The van der Waals surface area contributed by atoms with Gasteiger partial charge in [-0.25, -0.2) is 0 Å². The van der Waals surface area contributed by atoms with Crippen LogP contribution in [0.5, 0.6) is 5.75 Å². The topological polar surface area (TPSA) is 38.3 Å². The van der Waals surface area contributed by atoms with Crippen LogP contribution in [0.15, 0.2) is 34.8 Å². The van der Waals surface area contributed by atoms with Crippen molar-refractivity contribution in [3.05, 3.63) is 55.4 Å². The lowest BCUT2D eigenvalue weighted by Crippen LogP contribution is -2.14. The van der Waals surface area contributed by atoms with Crippen molar-refractivity contribution in [3.63, 3.8) is 0 Å². The molecule has 0 bridgehead atoms. The van der Waals surface area contributed by atoms with Gasteiger partial charge in [-0.2, -0.15) is 0 Å². The van der Waals surface area contributed by atoms with Crippen molar-refractivity contribution in [1.82, 2.24) is 0 Å². The summed E-state index contributed by atoms with van der Waals surface area (Å²) in [5, 5.41) is 3.57. The number of halogens is 4. The average Bonchev–Trinajstić information content (AvgIpc) is 2.42. The molecule has 7 heteroatoms. The van der Waals surface area contributed by atoms with E-state index in [1.54, 1.807) is 18.2 Å². The van der Waals surface area contributed by atoms with Gasteiger partial charge in [-0.05, 0) is 30.3 Å². The first-order valence-corrected chi connectivity index (χ1v) is 7.64. The molecule has 0 heterocycles. The standard InChI is InChI=1S/C14H9BrCl3NO2/c1-21-12-4-7(15)2-3-9(12)14(20)19-13-10(17)5-8(16)6-11(13)18/h2-6H,1H3,(H,19,20). The summed E-state index contributed by atoms with van der Waals surface area (Å²) in [6.07, 6.45) is 0. The molecule has 0 radical (unpaired) electrons. The summed E-state index contributed by atoms with van der Waals surface area (Å²) in [6, 6.07) is 8.07. The van der Waals surface area contributed by atoms with Gasteiger partial charge in [-0.15, -0.1) is 0 Å². The van der Waals surface area contributed by atoms with E-state index in [1.165, 1.54) is 19.2 Å². The molecule has 0 aliphatic carbocycles. The third-order valence-corrected chi connectivity index (χ3v) is 3.96. The Kier molecular flexibility index (Phi) is 5.38. The summed E-state index contributed by atoms with van der Waals surface area (Å²) in [6.45, 7) is 0. The minimum atomic E-state index is -0.384. The van der Waals surface area contributed by atoms with Crippen molar-refractivity contribution in [2.45, 2.75) is 0 Å². The van der Waals surface area contributed by atoms with Gasteiger partial charge in [0.15, 0.2) is 0 Å². The first-order valence-electron chi connectivity index (χ1n) is 5.72. The summed E-state index contributed by atoms with van der Waals surface area (Å²) in [7, 11) is 1.49. The van der Waals surface area contributed by atoms with Crippen LogP contribution in [0.3, 0.4) is 0 Å². The first kappa shape index (κ1) is 16.4. The molecule has 0 fully saturated rings. The van der Waals surface area contributed by atoms with Crippen molar-refractivity contribution in [1.29, 1.82) is 0 Å². The number of anilines is 1. The van der Waals surface area contributed by atoms with Crippen LogP contribution in [0.4, 0.5) is 5.69 Å². The Morgan fingerprint density at radius 3 is 2.33 bits per heavy atom. The molecule has 2 rings (SSSR count). The van der Waals surface area contributed by atoms with Gasteiger partial charge in [-0.1, -0.05) is 50.7 Å². The van der Waals surface area contributed by atoms with Crippen LogP contribution in [0.2, 0.25) is 15.1 Å². The quantitative estimate of drug-likeness (QED) is 0.709. The highest BCUT2D eigenvalue weighted by Gasteiger charge is 2.16. The van der Waals surface area contributed by atoms with Crippen LogP contribution in [-0.4, -0.2) is 13.0 Å². The van der Waals surface area contributed by atoms with Crippen LogP contribution in [0.25, 0.3) is 0 Å². The van der Waals surface area contributed by atoms with Gasteiger partial charge in [0.1, 0.15) is 5.75 Å². The lowest BCUT2D eigenvalue weighted by Gasteiger charge is -2.12. The molecule has 0 saturated carbocycles. The zero-order chi connectivity index (χ0) is 15.6. The van der Waals surface area contributed by atoms with Crippen LogP contribution in [-0.2, 0) is 0 Å². The summed E-state index contributed by atoms with van der Waals surface area (Å²) in [4.78, 5) is 12.3. The smallest absolute Gasteiger partial charge is 0.259 e. The Labute approximate surface area is 145 Å². The van der Waals surface area contributed by atoms with Gasteiger partial charge < -0.3 is 10.1 Å². The molecular weight excluding hydrogens is 400 g/mol. The highest BCUT2D eigenvalue weighted by atomic mass is 79.9. The summed E-state index contributed by atoms with van der Waals surface area (Å²) in [5.41, 5.74) is 0.667. The van der Waals surface area contributed by atoms with Crippen LogP contribution in [0, 0.1) is 0 Å². The summed E-state index contributed by atoms with van der Waals surface area (Å²) >= 11 is 21.2. The third-order valence-electron chi connectivity index (χ3n) is 2.65. The summed E-state index contributed by atoms with van der Waals surface area (Å²) < 4.78 is 5.99. The van der Waals surface area contributed by atoms with E-state index in [-0.39, 0.29) is 16.0 Å². The molecule has 1 N–H and O–H groups in total. The van der Waals surface area contributed by atoms with Crippen LogP contribution < -0.4 is 10.1 Å². The average molecular weight is 409 g/mol. The number of rotatable bonds is 3. The Balaban J connectivity index is 2.35. The second kappa shape index (κ2) is 6.88. The van der Waals surface area contributed by atoms with Crippen LogP contribution in [0.1, 0.15) is 10.4 Å². The van der Waals surface area contributed by atoms with E-state index in [9.17, 15) is 4.79 Å². The van der Waals surface area contributed by atoms with Crippen molar-refractivity contribution in [3.8, 4) is 5.75 Å². The Bertz CT molecular complexity index is 684. The van der Waals surface area contributed by atoms with Crippen molar-refractivity contribution in [2.75, 3.05) is 12.4 Å². The monoisotopic (exact) mass is 407 g/mol. The van der Waals surface area contributed by atoms with Gasteiger partial charge in [0.25, 0.3) is 5.91 Å². The van der Waals surface area contributed by atoms with Gasteiger partial charge in [0, 0.05) is 9.50 Å². The molecule has 0 saturated heterocycles. The number of amides is 1. The van der Waals surface area contributed by atoms with Crippen LogP contribution >= 0.6 is 50.7 Å². The highest BCUT2D eigenvalue weighted by Crippen LogP contribution is 2.34. The Hall–Kier alpha value is -0.940. The van der Waals surface area contributed by atoms with Gasteiger partial charge in [-0.3, -0.25) is 4.79 Å². The molecule has 110 valence electrons. The fourth-order valence-corrected chi connectivity index (χ4v) is 2.95. The number of carbonyl (C=O) groups excluding carboxylic acids is 1. The van der Waals surface area contributed by atoms with Gasteiger partial charge >= 0.3 is 0 Å². The van der Waals surface area contributed by atoms with Gasteiger partial charge in [0.05, 0.1) is 28.4 Å². The Morgan fingerprint density at radius 2 is 1.76 bits per heavy atom. The number of carbonyl (C=O) groups is 1. The fraction of sp³-hybridized carbons (Fsp3) is 0.0714. The SMILES string of the molecule is COc1cc(Br)ccc1C(=O)Nc1c(Cl)cc(Cl)cc1Cl. The van der Waals surface area contributed by atoms with E-state index in [1.807, 2.05) is 0 Å². The van der Waals surface area contributed by atoms with E-state index in [4.69, 9.17) is 39.5 Å². The highest BCUT2D eigenvalue weighted by molar-refractivity contribution is 9.10. The van der Waals surface area contributed by atoms with E-state index in [0.29, 0.717) is 22.0 Å². The zero-order valence-electron chi connectivity index (χ0n) is 10.7. The van der Waals surface area contributed by atoms with E-state index in [0.717, 1.165) is 4.47 Å². The van der Waals surface area contributed by atoms with E-state index >= 15 is 0 Å². The molecule has 0 aromatic heterocycles. The third kappa shape index (κ3) is 3.83. The number of hydrogen-bond acceptors (Lipinski definition) is 2. The maximum atomic E-state index is 12.3. The lowest BCUT2D eigenvalue weighted by molar-refractivity contribution is 0.102. The largest absolute Gasteiger partial charge is 0.496 e. The predicted octanol–water partition coefficient (Wildman–Crippen LogP) is 5.67. The second-order valence-electron chi connectivity index (χ2n) is 4.04. The summed E-state index contributed by atoms with van der Waals surface area (Å²) in [5.74, 6) is 0.0496. The fourth-order valence-electron chi connectivity index (χ4n) is 1.70. The number of nitrogens with one attached hydrogen (secondary N) is 1. The minimum Gasteiger partial charge on any atom is -0.496 e. The first-order chi connectivity index (χ1) is 9.92. The molecule has 0 atom stereocenters. The number of methoxy groups -OCH3 is 1. The molecule has 0 spiro atoms. The maximum absolute atomic E-state index is 12.3. The number of hydrogen-bond donors (Lipinski definition) is 1. The van der Waals surface area contributed by atoms with Crippen molar-refractivity contribution in [2.24, 2.45) is 0 Å². The Morgan fingerprint density at radius 1 is 1.14 bits per heavy atom. The molecule has 21 heavy (non-hydrogen) atoms. The molecule has 0 aliphatic rings. The number of benzene rings is 2.